The molecule has 0 atom stereocenters. The van der Waals surface area contributed by atoms with Crippen molar-refractivity contribution in [1.82, 2.24) is 10.3 Å². The molecular formula is C16H18N2O3. The number of hydrogen-bond donors (Lipinski definition) is 1. The van der Waals surface area contributed by atoms with Gasteiger partial charge >= 0.3 is 5.97 Å². The maximum Gasteiger partial charge on any atom is 0.305 e. The summed E-state index contributed by atoms with van der Waals surface area (Å²) < 4.78 is 4.83. The molecule has 0 aliphatic heterocycles. The molecule has 110 valence electrons. The Morgan fingerprint density at radius 3 is 2.90 bits per heavy atom. The summed E-state index contributed by atoms with van der Waals surface area (Å²) in [6.07, 6.45) is 2.57. The van der Waals surface area contributed by atoms with Gasteiger partial charge in [0.1, 0.15) is 0 Å². The molecule has 0 bridgehead atoms. The van der Waals surface area contributed by atoms with Crippen molar-refractivity contribution in [3.8, 4) is 0 Å². The minimum atomic E-state index is -0.235. The van der Waals surface area contributed by atoms with Gasteiger partial charge in [0.2, 0.25) is 0 Å². The summed E-state index contributed by atoms with van der Waals surface area (Å²) in [7, 11) is 0. The second kappa shape index (κ2) is 7.38. The third-order valence-corrected chi connectivity index (χ3v) is 3.04. The molecule has 0 fully saturated rings. The largest absolute Gasteiger partial charge is 0.466 e. The first-order valence-electron chi connectivity index (χ1n) is 7.00. The summed E-state index contributed by atoms with van der Waals surface area (Å²) in [5.74, 6) is -0.390. The number of nitrogens with zero attached hydrogens (tertiary/aromatic N) is 1. The second-order valence-corrected chi connectivity index (χ2v) is 4.54. The van der Waals surface area contributed by atoms with E-state index in [-0.39, 0.29) is 11.9 Å². The van der Waals surface area contributed by atoms with Crippen molar-refractivity contribution in [3.05, 3.63) is 42.1 Å². The van der Waals surface area contributed by atoms with Crippen molar-refractivity contribution in [2.24, 2.45) is 0 Å². The zero-order chi connectivity index (χ0) is 15.1. The number of esters is 1. The van der Waals surface area contributed by atoms with Crippen molar-refractivity contribution in [2.45, 2.75) is 19.8 Å². The molecule has 0 saturated carbocycles. The number of aromatic nitrogens is 1. The predicted molar refractivity (Wildman–Crippen MR) is 79.9 cm³/mol. The van der Waals surface area contributed by atoms with Crippen molar-refractivity contribution in [2.75, 3.05) is 13.2 Å². The van der Waals surface area contributed by atoms with Gasteiger partial charge in [0.15, 0.2) is 0 Å². The first-order chi connectivity index (χ1) is 10.2. The quantitative estimate of drug-likeness (QED) is 0.653. The number of carbonyl (C=O) groups excluding carboxylic acids is 2. The summed E-state index contributed by atoms with van der Waals surface area (Å²) in [4.78, 5) is 27.6. The Bertz CT molecular complexity index is 635. The lowest BCUT2D eigenvalue weighted by Crippen LogP contribution is -2.25. The maximum absolute atomic E-state index is 12.2. The Morgan fingerprint density at radius 1 is 1.24 bits per heavy atom. The van der Waals surface area contributed by atoms with Crippen LogP contribution in [0, 0.1) is 0 Å². The average Bonchev–Trinajstić information content (AvgIpc) is 2.51. The number of benzene rings is 1. The molecule has 5 nitrogen and oxygen atoms in total. The van der Waals surface area contributed by atoms with E-state index in [1.807, 2.05) is 18.2 Å². The van der Waals surface area contributed by atoms with E-state index in [1.165, 1.54) is 0 Å². The lowest BCUT2D eigenvalue weighted by Gasteiger charge is -2.07. The number of hydrogen-bond acceptors (Lipinski definition) is 4. The van der Waals surface area contributed by atoms with Gasteiger partial charge in [0.05, 0.1) is 12.1 Å². The normalized spacial score (nSPS) is 10.3. The van der Waals surface area contributed by atoms with E-state index in [0.717, 1.165) is 10.9 Å². The van der Waals surface area contributed by atoms with E-state index in [2.05, 4.69) is 10.3 Å². The van der Waals surface area contributed by atoms with E-state index in [0.29, 0.717) is 31.6 Å². The summed E-state index contributed by atoms with van der Waals surface area (Å²) in [6.45, 7) is 2.59. The van der Waals surface area contributed by atoms with Gasteiger partial charge in [-0.1, -0.05) is 12.1 Å². The van der Waals surface area contributed by atoms with Crippen molar-refractivity contribution < 1.29 is 14.3 Å². The molecule has 0 unspecified atom stereocenters. The van der Waals surface area contributed by atoms with Gasteiger partial charge in [0, 0.05) is 30.1 Å². The number of nitrogens with one attached hydrogen (secondary N) is 1. The molecule has 2 aromatic rings. The molecule has 5 heteroatoms. The van der Waals surface area contributed by atoms with Crippen molar-refractivity contribution in [3.63, 3.8) is 0 Å². The number of pyridine rings is 1. The highest BCUT2D eigenvalue weighted by molar-refractivity contribution is 6.06. The lowest BCUT2D eigenvalue weighted by molar-refractivity contribution is -0.143. The van der Waals surface area contributed by atoms with Gasteiger partial charge in [-0.2, -0.15) is 0 Å². The fourth-order valence-corrected chi connectivity index (χ4v) is 2.06. The van der Waals surface area contributed by atoms with Gasteiger partial charge in [0.25, 0.3) is 5.91 Å². The fourth-order valence-electron chi connectivity index (χ4n) is 2.06. The Labute approximate surface area is 123 Å². The molecular weight excluding hydrogens is 268 g/mol. The van der Waals surface area contributed by atoms with E-state index >= 15 is 0 Å². The molecule has 1 aromatic carbocycles. The minimum Gasteiger partial charge on any atom is -0.466 e. The Balaban J connectivity index is 1.92. The van der Waals surface area contributed by atoms with E-state index in [1.54, 1.807) is 25.3 Å². The predicted octanol–water partition coefficient (Wildman–Crippen LogP) is 2.31. The molecule has 1 amide bonds. The molecule has 1 aromatic heterocycles. The SMILES string of the molecule is CCOC(=O)CCCNC(=O)c1cccc2ncccc12. The van der Waals surface area contributed by atoms with Crippen molar-refractivity contribution in [1.29, 1.82) is 0 Å². The molecule has 21 heavy (non-hydrogen) atoms. The maximum atomic E-state index is 12.2. The number of rotatable bonds is 6. The number of ether oxygens (including phenoxy) is 1. The van der Waals surface area contributed by atoms with Crippen LogP contribution in [-0.2, 0) is 9.53 Å². The van der Waals surface area contributed by atoms with Crippen LogP contribution in [0.4, 0.5) is 0 Å². The van der Waals surface area contributed by atoms with Gasteiger partial charge < -0.3 is 10.1 Å². The molecule has 0 radical (unpaired) electrons. The first-order valence-corrected chi connectivity index (χ1v) is 7.00. The summed E-state index contributed by atoms with van der Waals surface area (Å²) in [6, 6.07) is 9.12. The van der Waals surface area contributed by atoms with Crippen LogP contribution < -0.4 is 5.32 Å². The highest BCUT2D eigenvalue weighted by Gasteiger charge is 2.09. The summed E-state index contributed by atoms with van der Waals surface area (Å²) in [5.41, 5.74) is 1.38. The molecule has 0 saturated heterocycles. The van der Waals surface area contributed by atoms with Gasteiger partial charge in [-0.15, -0.1) is 0 Å². The van der Waals surface area contributed by atoms with Gasteiger partial charge in [-0.05, 0) is 31.5 Å². The van der Waals surface area contributed by atoms with Crippen LogP contribution in [0.2, 0.25) is 0 Å². The average molecular weight is 286 g/mol. The molecule has 0 spiro atoms. The third-order valence-electron chi connectivity index (χ3n) is 3.04. The van der Waals surface area contributed by atoms with E-state index in [4.69, 9.17) is 4.74 Å². The lowest BCUT2D eigenvalue weighted by atomic mass is 10.1. The van der Waals surface area contributed by atoms with Gasteiger partial charge in [-0.3, -0.25) is 14.6 Å². The summed E-state index contributed by atoms with van der Waals surface area (Å²) in [5, 5.41) is 3.64. The second-order valence-electron chi connectivity index (χ2n) is 4.54. The van der Waals surface area contributed by atoms with Crippen LogP contribution in [0.3, 0.4) is 0 Å². The molecule has 0 aliphatic rings. The number of amides is 1. The minimum absolute atomic E-state index is 0.155. The van der Waals surface area contributed by atoms with Crippen LogP contribution in [0.25, 0.3) is 10.9 Å². The first kappa shape index (κ1) is 15.0. The van der Waals surface area contributed by atoms with Crippen LogP contribution in [0.15, 0.2) is 36.5 Å². The Morgan fingerprint density at radius 2 is 2.10 bits per heavy atom. The zero-order valence-corrected chi connectivity index (χ0v) is 12.0. The number of carbonyl (C=O) groups is 2. The topological polar surface area (TPSA) is 68.3 Å². The fraction of sp³-hybridized carbons (Fsp3) is 0.312. The summed E-state index contributed by atoms with van der Waals surface area (Å²) >= 11 is 0. The Hall–Kier alpha value is -2.43. The van der Waals surface area contributed by atoms with Crippen LogP contribution >= 0.6 is 0 Å². The van der Waals surface area contributed by atoms with E-state index < -0.39 is 0 Å². The van der Waals surface area contributed by atoms with E-state index in [9.17, 15) is 9.59 Å². The van der Waals surface area contributed by atoms with Crippen LogP contribution in [-0.4, -0.2) is 30.0 Å². The van der Waals surface area contributed by atoms with Crippen LogP contribution in [0.1, 0.15) is 30.1 Å². The molecule has 1 N–H and O–H groups in total. The Kier molecular flexibility index (Phi) is 5.26. The highest BCUT2D eigenvalue weighted by atomic mass is 16.5. The number of fused-ring (bicyclic) bond motifs is 1. The van der Waals surface area contributed by atoms with Crippen molar-refractivity contribution >= 4 is 22.8 Å². The molecule has 2 rings (SSSR count). The van der Waals surface area contributed by atoms with Crippen LogP contribution in [0.5, 0.6) is 0 Å². The standard InChI is InChI=1S/C16H18N2O3/c1-2-21-15(19)9-5-11-18-16(20)13-6-3-8-14-12(13)7-4-10-17-14/h3-4,6-8,10H,2,5,9,11H2,1H3,(H,18,20). The zero-order valence-electron chi connectivity index (χ0n) is 12.0. The third kappa shape index (κ3) is 4.02. The molecule has 0 aliphatic carbocycles. The van der Waals surface area contributed by atoms with Gasteiger partial charge in [-0.25, -0.2) is 0 Å². The monoisotopic (exact) mass is 286 g/mol. The smallest absolute Gasteiger partial charge is 0.305 e. The highest BCUT2D eigenvalue weighted by Crippen LogP contribution is 2.16. The molecule has 1 heterocycles.